The molecule has 0 saturated heterocycles. The van der Waals surface area contributed by atoms with Gasteiger partial charge in [0.2, 0.25) is 0 Å². The van der Waals surface area contributed by atoms with Gasteiger partial charge in [-0.25, -0.2) is 0 Å². The Morgan fingerprint density at radius 1 is 1.19 bits per heavy atom. The van der Waals surface area contributed by atoms with Gasteiger partial charge in [-0.2, -0.15) is 0 Å². The van der Waals surface area contributed by atoms with Crippen LogP contribution in [0.1, 0.15) is 17.1 Å². The molecule has 3 aromatic rings. The summed E-state index contributed by atoms with van der Waals surface area (Å²) in [5.74, 6) is 1.62. The molecule has 0 amide bonds. The van der Waals surface area contributed by atoms with Crippen LogP contribution in [0.4, 0.5) is 0 Å². The molecule has 0 aliphatic carbocycles. The van der Waals surface area contributed by atoms with Crippen molar-refractivity contribution in [3.05, 3.63) is 53.8 Å². The molecule has 0 aliphatic rings. The largest absolute Gasteiger partial charge is 0.493 e. The average Bonchev–Trinajstić information content (AvgIpc) is 2.92. The number of furan rings is 1. The van der Waals surface area contributed by atoms with Crippen LogP contribution in [0.5, 0.6) is 5.75 Å². The number of methoxy groups -OCH3 is 1. The third-order valence-corrected chi connectivity index (χ3v) is 3.22. The van der Waals surface area contributed by atoms with Crippen LogP contribution in [-0.2, 0) is 13.1 Å². The highest BCUT2D eigenvalue weighted by Gasteiger charge is 2.08. The first-order chi connectivity index (χ1) is 10.3. The Kier molecular flexibility index (Phi) is 3.83. The number of aromatic nitrogens is 2. The molecule has 0 aliphatic heterocycles. The number of ether oxygens (including phenoxy) is 1. The van der Waals surface area contributed by atoms with Crippen LogP contribution in [0.2, 0.25) is 0 Å². The van der Waals surface area contributed by atoms with Gasteiger partial charge in [-0.3, -0.25) is 9.97 Å². The van der Waals surface area contributed by atoms with E-state index in [9.17, 15) is 0 Å². The van der Waals surface area contributed by atoms with Crippen molar-refractivity contribution in [3.63, 3.8) is 0 Å². The topological polar surface area (TPSA) is 60.2 Å². The van der Waals surface area contributed by atoms with Crippen molar-refractivity contribution in [3.8, 4) is 5.75 Å². The number of benzene rings is 1. The van der Waals surface area contributed by atoms with Gasteiger partial charge < -0.3 is 14.5 Å². The van der Waals surface area contributed by atoms with Gasteiger partial charge in [-0.1, -0.05) is 12.1 Å². The minimum atomic E-state index is 0.632. The van der Waals surface area contributed by atoms with Crippen molar-refractivity contribution < 1.29 is 9.15 Å². The van der Waals surface area contributed by atoms with Crippen LogP contribution < -0.4 is 10.1 Å². The van der Waals surface area contributed by atoms with Gasteiger partial charge in [0.25, 0.3) is 0 Å². The minimum absolute atomic E-state index is 0.632. The maximum Gasteiger partial charge on any atom is 0.176 e. The van der Waals surface area contributed by atoms with Crippen LogP contribution in [0.3, 0.4) is 0 Å². The first-order valence-electron chi connectivity index (χ1n) is 6.80. The van der Waals surface area contributed by atoms with Crippen LogP contribution in [0.25, 0.3) is 11.0 Å². The minimum Gasteiger partial charge on any atom is -0.493 e. The smallest absolute Gasteiger partial charge is 0.176 e. The zero-order chi connectivity index (χ0) is 14.7. The van der Waals surface area contributed by atoms with E-state index >= 15 is 0 Å². The molecule has 1 N–H and O–H groups in total. The van der Waals surface area contributed by atoms with E-state index in [1.807, 2.05) is 31.2 Å². The summed E-state index contributed by atoms with van der Waals surface area (Å²) in [5.41, 5.74) is 2.62. The number of nitrogens with zero attached hydrogens (tertiary/aromatic N) is 2. The zero-order valence-corrected chi connectivity index (χ0v) is 12.1. The summed E-state index contributed by atoms with van der Waals surface area (Å²) in [7, 11) is 1.64. The highest BCUT2D eigenvalue weighted by Crippen LogP contribution is 2.28. The van der Waals surface area contributed by atoms with Gasteiger partial charge in [0.15, 0.2) is 11.3 Å². The predicted octanol–water partition coefficient (Wildman–Crippen LogP) is 2.83. The summed E-state index contributed by atoms with van der Waals surface area (Å²) in [6.07, 6.45) is 3.55. The Morgan fingerprint density at radius 2 is 2.10 bits per heavy atom. The molecule has 0 saturated carbocycles. The second kappa shape index (κ2) is 5.93. The Hall–Kier alpha value is -2.40. The quantitative estimate of drug-likeness (QED) is 0.780. The lowest BCUT2D eigenvalue weighted by Gasteiger charge is -2.02. The molecule has 2 aromatic heterocycles. The molecule has 108 valence electrons. The molecule has 0 fully saturated rings. The number of hydrogen-bond donors (Lipinski definition) is 1. The summed E-state index contributed by atoms with van der Waals surface area (Å²) in [5, 5.41) is 4.34. The fourth-order valence-electron chi connectivity index (χ4n) is 2.16. The highest BCUT2D eigenvalue weighted by molar-refractivity contribution is 5.83. The Bertz CT molecular complexity index is 735. The molecular weight excluding hydrogens is 266 g/mol. The number of fused-ring (bicyclic) bond motifs is 1. The first kappa shape index (κ1) is 13.6. The molecule has 0 bridgehead atoms. The van der Waals surface area contributed by atoms with E-state index in [0.717, 1.165) is 33.9 Å². The number of para-hydroxylation sites is 1. The second-order valence-corrected chi connectivity index (χ2v) is 4.84. The van der Waals surface area contributed by atoms with Gasteiger partial charge in [-0.15, -0.1) is 0 Å². The Balaban J connectivity index is 1.66. The number of rotatable bonds is 5. The molecule has 5 heteroatoms. The molecule has 1 aromatic carbocycles. The maximum atomic E-state index is 5.82. The van der Waals surface area contributed by atoms with Crippen molar-refractivity contribution >= 4 is 11.0 Å². The highest BCUT2D eigenvalue weighted by atomic mass is 16.5. The van der Waals surface area contributed by atoms with Crippen LogP contribution in [0, 0.1) is 6.92 Å². The number of aryl methyl sites for hydroxylation is 1. The van der Waals surface area contributed by atoms with Gasteiger partial charge in [0, 0.05) is 24.3 Å². The standard InChI is InChI=1S/C16H17N3O2/c1-11-7-19-13(9-18-11)8-17-10-14-6-12-4-3-5-15(20-2)16(12)21-14/h3-7,9,17H,8,10H2,1-2H3. The fraction of sp³-hybridized carbons (Fsp3) is 0.250. The lowest BCUT2D eigenvalue weighted by atomic mass is 10.2. The summed E-state index contributed by atoms with van der Waals surface area (Å²) >= 11 is 0. The van der Waals surface area contributed by atoms with Crippen molar-refractivity contribution in [2.24, 2.45) is 0 Å². The monoisotopic (exact) mass is 283 g/mol. The molecule has 0 atom stereocenters. The lowest BCUT2D eigenvalue weighted by Crippen LogP contribution is -2.13. The number of hydrogen-bond acceptors (Lipinski definition) is 5. The first-order valence-corrected chi connectivity index (χ1v) is 6.80. The van der Waals surface area contributed by atoms with Gasteiger partial charge in [-0.05, 0) is 19.1 Å². The normalized spacial score (nSPS) is 11.0. The van der Waals surface area contributed by atoms with Crippen molar-refractivity contribution in [1.29, 1.82) is 0 Å². The molecule has 21 heavy (non-hydrogen) atoms. The molecule has 5 nitrogen and oxygen atoms in total. The van der Waals surface area contributed by atoms with E-state index in [0.29, 0.717) is 13.1 Å². The van der Waals surface area contributed by atoms with E-state index in [4.69, 9.17) is 9.15 Å². The summed E-state index contributed by atoms with van der Waals surface area (Å²) in [6, 6.07) is 7.88. The van der Waals surface area contributed by atoms with E-state index in [-0.39, 0.29) is 0 Å². The second-order valence-electron chi connectivity index (χ2n) is 4.84. The van der Waals surface area contributed by atoms with E-state index in [1.165, 1.54) is 0 Å². The van der Waals surface area contributed by atoms with E-state index in [2.05, 4.69) is 15.3 Å². The maximum absolute atomic E-state index is 5.82. The van der Waals surface area contributed by atoms with Crippen molar-refractivity contribution in [2.75, 3.05) is 7.11 Å². The molecule has 0 unspecified atom stereocenters. The van der Waals surface area contributed by atoms with E-state index in [1.54, 1.807) is 19.5 Å². The molecule has 0 radical (unpaired) electrons. The van der Waals surface area contributed by atoms with Crippen molar-refractivity contribution in [2.45, 2.75) is 20.0 Å². The molecular formula is C16H17N3O2. The fourth-order valence-corrected chi connectivity index (χ4v) is 2.16. The third kappa shape index (κ3) is 3.03. The molecule has 2 heterocycles. The van der Waals surface area contributed by atoms with Crippen LogP contribution in [-0.4, -0.2) is 17.1 Å². The van der Waals surface area contributed by atoms with Crippen LogP contribution in [0.15, 0.2) is 41.1 Å². The predicted molar refractivity (Wildman–Crippen MR) is 80.1 cm³/mol. The summed E-state index contributed by atoms with van der Waals surface area (Å²) < 4.78 is 11.1. The lowest BCUT2D eigenvalue weighted by molar-refractivity contribution is 0.406. The Labute approximate surface area is 123 Å². The zero-order valence-electron chi connectivity index (χ0n) is 12.1. The third-order valence-electron chi connectivity index (χ3n) is 3.22. The SMILES string of the molecule is COc1cccc2cc(CNCc3cnc(C)cn3)oc12. The molecule has 3 rings (SSSR count). The summed E-state index contributed by atoms with van der Waals surface area (Å²) in [4.78, 5) is 8.52. The van der Waals surface area contributed by atoms with Crippen molar-refractivity contribution in [1.82, 2.24) is 15.3 Å². The van der Waals surface area contributed by atoms with Gasteiger partial charge >= 0.3 is 0 Å². The van der Waals surface area contributed by atoms with Crippen LogP contribution >= 0.6 is 0 Å². The number of nitrogens with one attached hydrogen (secondary N) is 1. The Morgan fingerprint density at radius 3 is 2.86 bits per heavy atom. The van der Waals surface area contributed by atoms with E-state index < -0.39 is 0 Å². The summed E-state index contributed by atoms with van der Waals surface area (Å²) in [6.45, 7) is 3.21. The average molecular weight is 283 g/mol. The van der Waals surface area contributed by atoms with Gasteiger partial charge in [0.05, 0.1) is 25.0 Å². The molecule has 0 spiro atoms. The van der Waals surface area contributed by atoms with Gasteiger partial charge in [0.1, 0.15) is 5.76 Å².